The topological polar surface area (TPSA) is 75.7 Å². The van der Waals surface area contributed by atoms with Crippen molar-refractivity contribution in [2.45, 2.75) is 92.9 Å². The lowest BCUT2D eigenvalue weighted by Gasteiger charge is -2.19. The van der Waals surface area contributed by atoms with Crippen LogP contribution in [0.15, 0.2) is 46.8 Å². The summed E-state index contributed by atoms with van der Waals surface area (Å²) in [5, 5.41) is 9.38. The molecule has 1 aliphatic rings. The maximum atomic E-state index is 11.0. The van der Waals surface area contributed by atoms with Gasteiger partial charge in [0.25, 0.3) is 0 Å². The van der Waals surface area contributed by atoms with Crippen LogP contribution in [0.1, 0.15) is 95.8 Å². The summed E-state index contributed by atoms with van der Waals surface area (Å²) in [4.78, 5) is 15.2. The highest BCUT2D eigenvalue weighted by Gasteiger charge is 2.32. The Labute approximate surface area is 202 Å². The molecule has 1 fully saturated rings. The van der Waals surface area contributed by atoms with Gasteiger partial charge < -0.3 is 10.8 Å². The molecule has 3 unspecified atom stereocenters. The molecule has 1 saturated carbocycles. The van der Waals surface area contributed by atoms with Crippen molar-refractivity contribution in [1.29, 1.82) is 0 Å². The number of allylic oxidation sites excluding steroid dienone is 1. The quantitative estimate of drug-likeness (QED) is 0.383. The van der Waals surface area contributed by atoms with Crippen molar-refractivity contribution in [3.8, 4) is 0 Å². The zero-order chi connectivity index (χ0) is 25.1. The molecule has 0 aromatic heterocycles. The number of nitrogens with two attached hydrogens (primary N) is 1. The van der Waals surface area contributed by atoms with Crippen molar-refractivity contribution in [3.05, 3.63) is 58.5 Å². The first-order valence-electron chi connectivity index (χ1n) is 12.5. The number of benzene rings is 1. The molecule has 0 spiro atoms. The molecule has 1 aromatic carbocycles. The smallest absolute Gasteiger partial charge is 0.151 e. The Kier molecular flexibility index (Phi) is 12.2. The first-order valence-corrected chi connectivity index (χ1v) is 12.5. The van der Waals surface area contributed by atoms with Gasteiger partial charge in [-0.05, 0) is 74.5 Å². The van der Waals surface area contributed by atoms with E-state index in [0.717, 1.165) is 23.6 Å². The third-order valence-electron chi connectivity index (χ3n) is 6.86. The van der Waals surface area contributed by atoms with Gasteiger partial charge in [0.2, 0.25) is 0 Å². The molecule has 3 atom stereocenters. The Bertz CT molecular complexity index is 866. The SMILES string of the molecule is C=C(O)/C(N)=C1/C(=NCC(C)=O)CC(C)C1C.CCCCC(CCC)c1cccc(C)c1C. The summed E-state index contributed by atoms with van der Waals surface area (Å²) in [7, 11) is 0. The third-order valence-corrected chi connectivity index (χ3v) is 6.86. The molecule has 0 bridgehead atoms. The Morgan fingerprint density at radius 1 is 1.21 bits per heavy atom. The predicted molar refractivity (Wildman–Crippen MR) is 142 cm³/mol. The summed E-state index contributed by atoms with van der Waals surface area (Å²) in [5.41, 5.74) is 12.3. The molecule has 2 rings (SSSR count). The second-order valence-corrected chi connectivity index (χ2v) is 9.63. The second kappa shape index (κ2) is 14.0. The van der Waals surface area contributed by atoms with Crippen LogP contribution < -0.4 is 5.73 Å². The van der Waals surface area contributed by atoms with Gasteiger partial charge >= 0.3 is 0 Å². The standard InChI is InChI=1S/C16H26.C13H20N2O2/c1-5-7-11-15(9-6-2)16-12-8-10-13(3)14(16)4;1-7-5-11(15-6-8(2)16)12(9(7)3)13(14)10(4)17/h8,10,12,15H,5-7,9,11H2,1-4H3;7,9,17H,4-6,14H2,1-3H3/b;13-12-,15-11?. The number of carbonyl (C=O) groups excluding carboxylic acids is 1. The van der Waals surface area contributed by atoms with Crippen LogP contribution >= 0.6 is 0 Å². The van der Waals surface area contributed by atoms with E-state index in [1.807, 2.05) is 6.92 Å². The van der Waals surface area contributed by atoms with Crippen molar-refractivity contribution in [2.24, 2.45) is 22.6 Å². The van der Waals surface area contributed by atoms with Crippen LogP contribution in [0.25, 0.3) is 0 Å². The van der Waals surface area contributed by atoms with E-state index in [0.29, 0.717) is 11.6 Å². The summed E-state index contributed by atoms with van der Waals surface area (Å²) in [6.45, 7) is 18.3. The normalized spacial score (nSPS) is 21.4. The number of aliphatic hydroxyl groups is 1. The van der Waals surface area contributed by atoms with E-state index in [4.69, 9.17) is 5.73 Å². The minimum atomic E-state index is -0.128. The number of carbonyl (C=O) groups is 1. The number of ketones is 1. The number of rotatable bonds is 9. The fraction of sp³-hybridized carbons (Fsp3) is 0.586. The van der Waals surface area contributed by atoms with E-state index in [1.165, 1.54) is 50.2 Å². The highest BCUT2D eigenvalue weighted by atomic mass is 16.3. The number of Topliss-reactive ketones (excluding diaryl/α,β-unsaturated/α-hetero) is 1. The molecule has 0 amide bonds. The molecule has 4 heteroatoms. The van der Waals surface area contributed by atoms with Crippen LogP contribution in [-0.2, 0) is 4.79 Å². The Balaban J connectivity index is 0.000000331. The highest BCUT2D eigenvalue weighted by Crippen LogP contribution is 2.36. The first-order chi connectivity index (χ1) is 15.5. The van der Waals surface area contributed by atoms with Gasteiger partial charge in [0.15, 0.2) is 5.78 Å². The molecule has 0 saturated heterocycles. The summed E-state index contributed by atoms with van der Waals surface area (Å²) in [6, 6.07) is 6.77. The Morgan fingerprint density at radius 2 is 1.88 bits per heavy atom. The lowest BCUT2D eigenvalue weighted by atomic mass is 9.86. The van der Waals surface area contributed by atoms with Crippen LogP contribution in [-0.4, -0.2) is 23.1 Å². The van der Waals surface area contributed by atoms with E-state index < -0.39 is 0 Å². The average Bonchev–Trinajstić information content (AvgIpc) is 3.05. The largest absolute Gasteiger partial charge is 0.506 e. The van der Waals surface area contributed by atoms with Gasteiger partial charge in [0.05, 0.1) is 12.2 Å². The molecular weight excluding hydrogens is 408 g/mol. The highest BCUT2D eigenvalue weighted by molar-refractivity contribution is 6.04. The molecule has 1 aliphatic carbocycles. The fourth-order valence-electron chi connectivity index (χ4n) is 4.52. The number of aryl methyl sites for hydroxylation is 1. The van der Waals surface area contributed by atoms with Crippen molar-refractivity contribution in [1.82, 2.24) is 0 Å². The van der Waals surface area contributed by atoms with Gasteiger partial charge in [-0.15, -0.1) is 0 Å². The van der Waals surface area contributed by atoms with E-state index in [2.05, 4.69) is 64.4 Å². The van der Waals surface area contributed by atoms with E-state index >= 15 is 0 Å². The van der Waals surface area contributed by atoms with Gasteiger partial charge in [0.1, 0.15) is 5.76 Å². The van der Waals surface area contributed by atoms with Crippen molar-refractivity contribution in [2.75, 3.05) is 6.54 Å². The zero-order valence-corrected chi connectivity index (χ0v) is 22.0. The molecule has 0 radical (unpaired) electrons. The van der Waals surface area contributed by atoms with E-state index in [-0.39, 0.29) is 24.0 Å². The molecule has 0 heterocycles. The summed E-state index contributed by atoms with van der Waals surface area (Å²) >= 11 is 0. The van der Waals surface area contributed by atoms with Crippen LogP contribution in [0, 0.1) is 25.7 Å². The number of aliphatic hydroxyl groups excluding tert-OH is 1. The molecule has 4 nitrogen and oxygen atoms in total. The predicted octanol–water partition coefficient (Wildman–Crippen LogP) is 7.35. The van der Waals surface area contributed by atoms with E-state index in [9.17, 15) is 9.90 Å². The number of nitrogens with zero attached hydrogens (tertiary/aromatic N) is 1. The fourth-order valence-corrected chi connectivity index (χ4v) is 4.52. The Morgan fingerprint density at radius 3 is 2.42 bits per heavy atom. The maximum absolute atomic E-state index is 11.0. The van der Waals surface area contributed by atoms with Crippen LogP contribution in [0.3, 0.4) is 0 Å². The van der Waals surface area contributed by atoms with Crippen LogP contribution in [0.2, 0.25) is 0 Å². The number of hydrogen-bond acceptors (Lipinski definition) is 4. The number of unbranched alkanes of at least 4 members (excludes halogenated alkanes) is 1. The lowest BCUT2D eigenvalue weighted by molar-refractivity contribution is -0.115. The first kappa shape index (κ1) is 28.7. The monoisotopic (exact) mass is 454 g/mol. The molecule has 3 N–H and O–H groups in total. The minimum absolute atomic E-state index is 0.0189. The van der Waals surface area contributed by atoms with Crippen molar-refractivity contribution >= 4 is 11.5 Å². The molecular formula is C29H46N2O2. The molecule has 0 aliphatic heterocycles. The molecule has 1 aromatic rings. The summed E-state index contributed by atoms with van der Waals surface area (Å²) in [6.07, 6.45) is 7.45. The Hall–Kier alpha value is -2.36. The second-order valence-electron chi connectivity index (χ2n) is 9.63. The molecule has 33 heavy (non-hydrogen) atoms. The van der Waals surface area contributed by atoms with Gasteiger partial charge in [-0.1, -0.05) is 71.7 Å². The van der Waals surface area contributed by atoms with Crippen molar-refractivity contribution in [3.63, 3.8) is 0 Å². The van der Waals surface area contributed by atoms with E-state index in [1.54, 1.807) is 5.56 Å². The summed E-state index contributed by atoms with van der Waals surface area (Å²) < 4.78 is 0. The van der Waals surface area contributed by atoms with Gasteiger partial charge in [-0.2, -0.15) is 0 Å². The maximum Gasteiger partial charge on any atom is 0.151 e. The number of aliphatic imine (C=N–C) groups is 1. The lowest BCUT2D eigenvalue weighted by Crippen LogP contribution is -2.13. The van der Waals surface area contributed by atoms with Gasteiger partial charge in [0, 0.05) is 11.3 Å². The molecule has 184 valence electrons. The van der Waals surface area contributed by atoms with Crippen LogP contribution in [0.5, 0.6) is 0 Å². The third kappa shape index (κ3) is 8.49. The van der Waals surface area contributed by atoms with Gasteiger partial charge in [-0.25, -0.2) is 0 Å². The van der Waals surface area contributed by atoms with Gasteiger partial charge in [-0.3, -0.25) is 9.79 Å². The number of hydrogen-bond donors (Lipinski definition) is 2. The average molecular weight is 455 g/mol. The summed E-state index contributed by atoms with van der Waals surface area (Å²) in [5.74, 6) is 1.31. The van der Waals surface area contributed by atoms with Crippen LogP contribution in [0.4, 0.5) is 0 Å². The van der Waals surface area contributed by atoms with Crippen molar-refractivity contribution < 1.29 is 9.90 Å². The minimum Gasteiger partial charge on any atom is -0.506 e. The zero-order valence-electron chi connectivity index (χ0n) is 22.0.